The van der Waals surface area contributed by atoms with Crippen LogP contribution < -0.4 is 5.32 Å². The Bertz CT molecular complexity index is 863. The van der Waals surface area contributed by atoms with Gasteiger partial charge in [0.1, 0.15) is 0 Å². The first kappa shape index (κ1) is 18.9. The third kappa shape index (κ3) is 3.76. The van der Waals surface area contributed by atoms with Gasteiger partial charge in [-0.25, -0.2) is 0 Å². The molecule has 0 spiro atoms. The highest BCUT2D eigenvalue weighted by atomic mass is 16.2. The zero-order valence-electron chi connectivity index (χ0n) is 16.6. The smallest absolute Gasteiger partial charge is 0.227 e. The van der Waals surface area contributed by atoms with Crippen molar-refractivity contribution in [2.75, 3.05) is 26.7 Å². The number of rotatable bonds is 4. The molecule has 7 nitrogen and oxygen atoms in total. The lowest BCUT2D eigenvalue weighted by atomic mass is 9.97. The van der Waals surface area contributed by atoms with Crippen LogP contribution in [0.1, 0.15) is 31.7 Å². The van der Waals surface area contributed by atoms with Crippen LogP contribution in [0, 0.1) is 5.92 Å². The first-order valence-electron chi connectivity index (χ1n) is 10.2. The fourth-order valence-electron chi connectivity index (χ4n) is 4.58. The molecule has 28 heavy (non-hydrogen) atoms. The average molecular weight is 383 g/mol. The van der Waals surface area contributed by atoms with E-state index in [4.69, 9.17) is 0 Å². The number of aromatic amines is 1. The Kier molecular flexibility index (Phi) is 5.35. The third-order valence-corrected chi connectivity index (χ3v) is 6.41. The van der Waals surface area contributed by atoms with Gasteiger partial charge in [0.15, 0.2) is 0 Å². The summed E-state index contributed by atoms with van der Waals surface area (Å²) in [5.74, 6) is 0.338. The topological polar surface area (TPSA) is 81.3 Å². The number of amides is 2. The number of carbonyl (C=O) groups is 2. The molecule has 150 valence electrons. The molecule has 2 aromatic heterocycles. The van der Waals surface area contributed by atoms with Crippen LogP contribution in [0.2, 0.25) is 0 Å². The van der Waals surface area contributed by atoms with Crippen molar-refractivity contribution in [3.63, 3.8) is 0 Å². The van der Waals surface area contributed by atoms with Gasteiger partial charge in [-0.2, -0.15) is 0 Å². The van der Waals surface area contributed by atoms with Crippen LogP contribution in [0.3, 0.4) is 0 Å². The zero-order chi connectivity index (χ0) is 19.7. The summed E-state index contributed by atoms with van der Waals surface area (Å²) in [7, 11) is 2.08. The van der Waals surface area contributed by atoms with Crippen molar-refractivity contribution in [2.24, 2.45) is 5.92 Å². The minimum atomic E-state index is 0.00554. The number of nitrogens with one attached hydrogen (secondary N) is 2. The molecular formula is C21H29N5O2. The summed E-state index contributed by atoms with van der Waals surface area (Å²) in [5.41, 5.74) is 1.91. The molecule has 4 rings (SSSR count). The van der Waals surface area contributed by atoms with Crippen LogP contribution in [0.5, 0.6) is 0 Å². The van der Waals surface area contributed by atoms with Gasteiger partial charge in [-0.05, 0) is 51.4 Å². The summed E-state index contributed by atoms with van der Waals surface area (Å²) < 4.78 is 0. The summed E-state index contributed by atoms with van der Waals surface area (Å²) in [5, 5.41) is 4.18. The lowest BCUT2D eigenvalue weighted by Crippen LogP contribution is -2.52. The Labute approximate surface area is 165 Å². The Balaban J connectivity index is 1.34. The van der Waals surface area contributed by atoms with Gasteiger partial charge in [-0.3, -0.25) is 14.6 Å². The zero-order valence-corrected chi connectivity index (χ0v) is 16.6. The van der Waals surface area contributed by atoms with E-state index in [0.717, 1.165) is 48.8 Å². The van der Waals surface area contributed by atoms with Gasteiger partial charge >= 0.3 is 0 Å². The summed E-state index contributed by atoms with van der Waals surface area (Å²) in [4.78, 5) is 37.0. The average Bonchev–Trinajstić information content (AvgIpc) is 3.25. The molecule has 0 radical (unpaired) electrons. The monoisotopic (exact) mass is 383 g/mol. The molecule has 2 aliphatic heterocycles. The molecule has 0 aliphatic carbocycles. The van der Waals surface area contributed by atoms with Gasteiger partial charge in [0.2, 0.25) is 11.8 Å². The molecule has 3 atom stereocenters. The van der Waals surface area contributed by atoms with E-state index < -0.39 is 0 Å². The van der Waals surface area contributed by atoms with Gasteiger partial charge in [0.05, 0.1) is 24.1 Å². The van der Waals surface area contributed by atoms with Crippen LogP contribution in [0.4, 0.5) is 0 Å². The lowest BCUT2D eigenvalue weighted by Gasteiger charge is -2.35. The van der Waals surface area contributed by atoms with E-state index >= 15 is 0 Å². The molecule has 7 heteroatoms. The Morgan fingerprint density at radius 1 is 1.32 bits per heavy atom. The van der Waals surface area contributed by atoms with E-state index in [1.165, 1.54) is 0 Å². The third-order valence-electron chi connectivity index (χ3n) is 6.41. The number of piperidine rings is 1. The van der Waals surface area contributed by atoms with Crippen molar-refractivity contribution in [1.82, 2.24) is 25.1 Å². The van der Waals surface area contributed by atoms with Crippen molar-refractivity contribution >= 4 is 22.7 Å². The largest absolute Gasteiger partial charge is 0.360 e. The Morgan fingerprint density at radius 3 is 2.96 bits per heavy atom. The second-order valence-electron chi connectivity index (χ2n) is 8.22. The van der Waals surface area contributed by atoms with Crippen molar-refractivity contribution in [1.29, 1.82) is 0 Å². The molecule has 0 unspecified atom stereocenters. The highest BCUT2D eigenvalue weighted by Crippen LogP contribution is 2.26. The fraction of sp³-hybridized carbons (Fsp3) is 0.571. The Hall–Kier alpha value is -2.41. The molecule has 4 heterocycles. The van der Waals surface area contributed by atoms with Crippen LogP contribution in [0.25, 0.3) is 10.9 Å². The SMILES string of the molecule is C[C@@H]1[C@H](C(=O)N2CCC[C@@H](NC(=O)Cc3c[nH]c4cnccc34)C2)CCN1C. The summed E-state index contributed by atoms with van der Waals surface area (Å²) in [6.07, 6.45) is 8.51. The van der Waals surface area contributed by atoms with Gasteiger partial charge in [-0.1, -0.05) is 0 Å². The second kappa shape index (κ2) is 7.91. The molecule has 0 bridgehead atoms. The van der Waals surface area contributed by atoms with Crippen molar-refractivity contribution < 1.29 is 9.59 Å². The van der Waals surface area contributed by atoms with Crippen molar-refractivity contribution in [2.45, 2.75) is 44.7 Å². The predicted octanol–water partition coefficient (Wildman–Crippen LogP) is 1.55. The quantitative estimate of drug-likeness (QED) is 0.839. The Morgan fingerprint density at radius 2 is 2.18 bits per heavy atom. The predicted molar refractivity (Wildman–Crippen MR) is 108 cm³/mol. The maximum atomic E-state index is 13.0. The molecule has 2 amide bonds. The molecule has 2 fully saturated rings. The van der Waals surface area contributed by atoms with Gasteiger partial charge < -0.3 is 20.1 Å². The maximum Gasteiger partial charge on any atom is 0.227 e. The van der Waals surface area contributed by atoms with Gasteiger partial charge in [0.25, 0.3) is 0 Å². The number of H-pyrrole nitrogens is 1. The number of pyridine rings is 1. The van der Waals surface area contributed by atoms with E-state index in [1.807, 2.05) is 17.2 Å². The van der Waals surface area contributed by atoms with E-state index in [2.05, 4.69) is 34.2 Å². The molecule has 2 saturated heterocycles. The molecule has 0 saturated carbocycles. The van der Waals surface area contributed by atoms with E-state index in [-0.39, 0.29) is 23.8 Å². The number of fused-ring (bicyclic) bond motifs is 1. The van der Waals surface area contributed by atoms with Crippen LogP contribution in [-0.4, -0.2) is 70.3 Å². The minimum absolute atomic E-state index is 0.00554. The standard InChI is InChI=1S/C21H29N5O2/c1-14-17(6-9-25(14)2)21(28)26-8-3-4-16(13-26)24-20(27)10-15-11-23-19-12-22-7-5-18(15)19/h5,7,11-12,14,16-17,23H,3-4,6,8-10,13H2,1-2H3,(H,24,27)/t14-,16-,17-/m1/s1. The van der Waals surface area contributed by atoms with Gasteiger partial charge in [-0.15, -0.1) is 0 Å². The molecular weight excluding hydrogens is 354 g/mol. The van der Waals surface area contributed by atoms with Crippen molar-refractivity contribution in [3.8, 4) is 0 Å². The highest BCUT2D eigenvalue weighted by molar-refractivity contribution is 5.88. The maximum absolute atomic E-state index is 13.0. The van der Waals surface area contributed by atoms with Crippen LogP contribution >= 0.6 is 0 Å². The van der Waals surface area contributed by atoms with E-state index in [1.54, 1.807) is 12.4 Å². The molecule has 0 aromatic carbocycles. The van der Waals surface area contributed by atoms with Crippen LogP contribution in [-0.2, 0) is 16.0 Å². The number of likely N-dealkylation sites (tertiary alicyclic amines) is 2. The number of hydrogen-bond acceptors (Lipinski definition) is 4. The number of aromatic nitrogens is 2. The summed E-state index contributed by atoms with van der Waals surface area (Å²) in [6, 6.07) is 2.25. The summed E-state index contributed by atoms with van der Waals surface area (Å²) in [6.45, 7) is 4.53. The van der Waals surface area contributed by atoms with Crippen LogP contribution in [0.15, 0.2) is 24.7 Å². The summed E-state index contributed by atoms with van der Waals surface area (Å²) >= 11 is 0. The molecule has 2 N–H and O–H groups in total. The first-order chi connectivity index (χ1) is 13.5. The van der Waals surface area contributed by atoms with E-state index in [9.17, 15) is 9.59 Å². The van der Waals surface area contributed by atoms with Crippen molar-refractivity contribution in [3.05, 3.63) is 30.2 Å². The normalized spacial score (nSPS) is 25.9. The van der Waals surface area contributed by atoms with E-state index in [0.29, 0.717) is 19.0 Å². The molecule has 2 aliphatic rings. The number of hydrogen-bond donors (Lipinski definition) is 2. The second-order valence-corrected chi connectivity index (χ2v) is 8.22. The minimum Gasteiger partial charge on any atom is -0.360 e. The lowest BCUT2D eigenvalue weighted by molar-refractivity contribution is -0.138. The number of nitrogens with zero attached hydrogens (tertiary/aromatic N) is 3. The first-order valence-corrected chi connectivity index (χ1v) is 10.2. The highest BCUT2D eigenvalue weighted by Gasteiger charge is 2.37. The fourth-order valence-corrected chi connectivity index (χ4v) is 4.58. The number of carbonyl (C=O) groups excluding carboxylic acids is 2. The van der Waals surface area contributed by atoms with Gasteiger partial charge in [0, 0.05) is 43.0 Å². The molecule has 2 aromatic rings.